The zero-order valence-corrected chi connectivity index (χ0v) is 33.1. The van der Waals surface area contributed by atoms with Gasteiger partial charge in [-0.15, -0.1) is 0 Å². The van der Waals surface area contributed by atoms with Crippen molar-refractivity contribution in [3.05, 3.63) is 0 Å². The first-order valence-corrected chi connectivity index (χ1v) is 18.7. The number of ether oxygens (including phenoxy) is 8. The van der Waals surface area contributed by atoms with E-state index in [1.54, 1.807) is 27.7 Å². The van der Waals surface area contributed by atoms with E-state index in [9.17, 15) is 39.6 Å². The lowest BCUT2D eigenvalue weighted by Gasteiger charge is -2.34. The molecule has 16 nitrogen and oxygen atoms in total. The van der Waals surface area contributed by atoms with Gasteiger partial charge in [0.15, 0.2) is 0 Å². The summed E-state index contributed by atoms with van der Waals surface area (Å²) in [5.74, 6) is -3.15. The van der Waals surface area contributed by atoms with Crippen LogP contribution in [0.3, 0.4) is 0 Å². The topological polar surface area (TPSA) is 223 Å². The lowest BCUT2D eigenvalue weighted by molar-refractivity contribution is -0.158. The molecular formula is C37H68O16. The molecule has 0 aromatic heterocycles. The first kappa shape index (κ1) is 50.6. The molecule has 0 heterocycles. The molecule has 0 rings (SSSR count). The highest BCUT2D eigenvalue weighted by atomic mass is 16.6. The molecule has 0 saturated heterocycles. The van der Waals surface area contributed by atoms with Crippen molar-refractivity contribution < 1.29 is 77.5 Å². The molecule has 0 fully saturated rings. The maximum atomic E-state index is 12.1. The van der Waals surface area contributed by atoms with Crippen molar-refractivity contribution in [1.82, 2.24) is 0 Å². The van der Waals surface area contributed by atoms with Crippen molar-refractivity contribution in [2.75, 3.05) is 79.3 Å². The standard InChI is InChI=1S/C37H68O16/c1-9-25(5)33(42)50-17-29(38)13-46-21-37(22-47-14-30(39)18-51-34(43)26(6)10-2,23-48-15-31(40)19-52-35(44)27(7)11-3)24-49-16-32(41)20-53-36(45)28(8)12-4/h25-32,38-41H,9-24H2,1-8H3. The van der Waals surface area contributed by atoms with Crippen LogP contribution in [0.5, 0.6) is 0 Å². The number of carbonyl (C=O) groups excluding carboxylic acids is 4. The summed E-state index contributed by atoms with van der Waals surface area (Å²) in [6.45, 7) is 11.3. The third-order valence-electron chi connectivity index (χ3n) is 8.60. The summed E-state index contributed by atoms with van der Waals surface area (Å²) < 4.78 is 44.0. The van der Waals surface area contributed by atoms with E-state index in [2.05, 4.69) is 0 Å². The molecule has 0 aromatic rings. The number of carbonyl (C=O) groups is 4. The maximum absolute atomic E-state index is 12.1. The molecule has 0 bridgehead atoms. The van der Waals surface area contributed by atoms with E-state index >= 15 is 0 Å². The normalized spacial score (nSPS) is 17.3. The predicted octanol–water partition coefficient (Wildman–Crippen LogP) is 1.84. The molecule has 0 aliphatic rings. The van der Waals surface area contributed by atoms with Crippen molar-refractivity contribution in [3.8, 4) is 0 Å². The quantitative estimate of drug-likeness (QED) is 0.0566. The Hall–Kier alpha value is -2.44. The van der Waals surface area contributed by atoms with Crippen LogP contribution in [-0.4, -0.2) is 148 Å². The molecular weight excluding hydrogens is 700 g/mol. The molecule has 8 atom stereocenters. The van der Waals surface area contributed by atoms with Crippen molar-refractivity contribution in [2.24, 2.45) is 29.1 Å². The number of aliphatic hydroxyl groups is 4. The Morgan fingerprint density at radius 3 is 0.755 bits per heavy atom. The zero-order valence-electron chi connectivity index (χ0n) is 33.1. The molecule has 0 aliphatic heterocycles. The minimum Gasteiger partial charge on any atom is -0.463 e. The molecule has 4 N–H and O–H groups in total. The summed E-state index contributed by atoms with van der Waals surface area (Å²) in [5, 5.41) is 41.8. The van der Waals surface area contributed by atoms with Gasteiger partial charge in [-0.3, -0.25) is 19.2 Å². The second kappa shape index (κ2) is 28.9. The van der Waals surface area contributed by atoms with Crippen LogP contribution in [0.2, 0.25) is 0 Å². The average molecular weight is 769 g/mol. The largest absolute Gasteiger partial charge is 0.463 e. The van der Waals surface area contributed by atoms with E-state index in [1.165, 1.54) is 0 Å². The van der Waals surface area contributed by atoms with Gasteiger partial charge in [0.1, 0.15) is 50.8 Å². The summed E-state index contributed by atoms with van der Waals surface area (Å²) in [6, 6.07) is 0. The van der Waals surface area contributed by atoms with Gasteiger partial charge in [-0.25, -0.2) is 0 Å². The minimum absolute atomic E-state index is 0.180. The second-order valence-electron chi connectivity index (χ2n) is 13.9. The third-order valence-corrected chi connectivity index (χ3v) is 8.60. The fourth-order valence-electron chi connectivity index (χ4n) is 4.04. The highest BCUT2D eigenvalue weighted by molar-refractivity contribution is 5.73. The van der Waals surface area contributed by atoms with Crippen molar-refractivity contribution in [1.29, 1.82) is 0 Å². The molecule has 0 saturated carbocycles. The number of esters is 4. The lowest BCUT2D eigenvalue weighted by Crippen LogP contribution is -2.44. The molecule has 16 heteroatoms. The van der Waals surface area contributed by atoms with E-state index in [0.29, 0.717) is 25.7 Å². The Balaban J connectivity index is 5.81. The zero-order chi connectivity index (χ0) is 40.4. The molecule has 0 aliphatic carbocycles. The first-order chi connectivity index (χ1) is 25.0. The van der Waals surface area contributed by atoms with E-state index in [4.69, 9.17) is 37.9 Å². The Morgan fingerprint density at radius 2 is 0.585 bits per heavy atom. The Morgan fingerprint density at radius 1 is 0.396 bits per heavy atom. The van der Waals surface area contributed by atoms with Crippen LogP contribution in [0.1, 0.15) is 81.1 Å². The van der Waals surface area contributed by atoms with Crippen molar-refractivity contribution in [3.63, 3.8) is 0 Å². The fourth-order valence-corrected chi connectivity index (χ4v) is 4.04. The van der Waals surface area contributed by atoms with Gasteiger partial charge in [-0.1, -0.05) is 55.4 Å². The molecule has 0 spiro atoms. The van der Waals surface area contributed by atoms with Gasteiger partial charge in [0.25, 0.3) is 0 Å². The molecule has 0 amide bonds. The van der Waals surface area contributed by atoms with E-state index in [0.717, 1.165) is 0 Å². The van der Waals surface area contributed by atoms with E-state index in [1.807, 2.05) is 27.7 Å². The number of hydrogen-bond acceptors (Lipinski definition) is 16. The van der Waals surface area contributed by atoms with Crippen LogP contribution in [0, 0.1) is 29.1 Å². The fraction of sp³-hybridized carbons (Fsp3) is 0.892. The van der Waals surface area contributed by atoms with E-state index < -0.39 is 53.7 Å². The number of rotatable bonds is 32. The Bertz CT molecular complexity index is 852. The van der Waals surface area contributed by atoms with Gasteiger partial charge in [-0.05, 0) is 25.7 Å². The first-order valence-electron chi connectivity index (χ1n) is 18.7. The van der Waals surface area contributed by atoms with Crippen LogP contribution in [0.25, 0.3) is 0 Å². The SMILES string of the molecule is CCC(C)C(=O)OCC(O)COCC(COCC(O)COC(=O)C(C)CC)(COCC(O)COC(=O)C(C)CC)COCC(O)COC(=O)C(C)CC. The maximum Gasteiger partial charge on any atom is 0.308 e. The van der Waals surface area contributed by atoms with Crippen molar-refractivity contribution >= 4 is 23.9 Å². The number of aliphatic hydroxyl groups excluding tert-OH is 4. The number of hydrogen-bond donors (Lipinski definition) is 4. The smallest absolute Gasteiger partial charge is 0.308 e. The van der Waals surface area contributed by atoms with Gasteiger partial charge in [0, 0.05) is 0 Å². The second-order valence-corrected chi connectivity index (χ2v) is 13.9. The summed E-state index contributed by atoms with van der Waals surface area (Å²) in [5.41, 5.74) is -1.19. The van der Waals surface area contributed by atoms with Gasteiger partial charge < -0.3 is 58.3 Å². The van der Waals surface area contributed by atoms with Gasteiger partial charge in [0.05, 0.1) is 81.9 Å². The highest BCUT2D eigenvalue weighted by Gasteiger charge is 2.34. The van der Waals surface area contributed by atoms with E-state index in [-0.39, 0.29) is 103 Å². The summed E-state index contributed by atoms with van der Waals surface area (Å²) in [4.78, 5) is 48.2. The minimum atomic E-state index is -1.19. The third kappa shape index (κ3) is 23.2. The molecule has 312 valence electrons. The monoisotopic (exact) mass is 768 g/mol. The molecule has 0 radical (unpaired) electrons. The average Bonchev–Trinajstić information content (AvgIpc) is 3.15. The van der Waals surface area contributed by atoms with Crippen LogP contribution < -0.4 is 0 Å². The summed E-state index contributed by atoms with van der Waals surface area (Å²) in [6.07, 6.45) is -2.38. The molecule has 8 unspecified atom stereocenters. The summed E-state index contributed by atoms with van der Waals surface area (Å²) >= 11 is 0. The molecule has 53 heavy (non-hydrogen) atoms. The van der Waals surface area contributed by atoms with Gasteiger partial charge in [0.2, 0.25) is 0 Å². The Kier molecular flexibility index (Phi) is 27.6. The highest BCUT2D eigenvalue weighted by Crippen LogP contribution is 2.22. The predicted molar refractivity (Wildman–Crippen MR) is 191 cm³/mol. The van der Waals surface area contributed by atoms with Crippen LogP contribution in [-0.2, 0) is 57.1 Å². The van der Waals surface area contributed by atoms with Crippen molar-refractivity contribution in [2.45, 2.75) is 105 Å². The van der Waals surface area contributed by atoms with Gasteiger partial charge in [-0.2, -0.15) is 0 Å². The van der Waals surface area contributed by atoms with Crippen LogP contribution in [0.4, 0.5) is 0 Å². The van der Waals surface area contributed by atoms with Gasteiger partial charge >= 0.3 is 23.9 Å². The lowest BCUT2D eigenvalue weighted by atomic mass is 9.92. The summed E-state index contributed by atoms with van der Waals surface area (Å²) in [7, 11) is 0. The van der Waals surface area contributed by atoms with Crippen LogP contribution in [0.15, 0.2) is 0 Å². The van der Waals surface area contributed by atoms with Crippen LogP contribution >= 0.6 is 0 Å². The Labute approximate surface area is 315 Å². The molecule has 0 aromatic carbocycles.